The van der Waals surface area contributed by atoms with Crippen molar-refractivity contribution in [2.45, 2.75) is 38.0 Å². The molecule has 17 heavy (non-hydrogen) atoms. The second kappa shape index (κ2) is 6.13. The number of aromatic amines is 1. The lowest BCUT2D eigenvalue weighted by molar-refractivity contribution is 0.283. The molecule has 3 N–H and O–H groups in total. The Kier molecular flexibility index (Phi) is 5.10. The van der Waals surface area contributed by atoms with Gasteiger partial charge in [0.05, 0.1) is 11.4 Å². The van der Waals surface area contributed by atoms with Crippen molar-refractivity contribution in [1.82, 2.24) is 14.9 Å². The van der Waals surface area contributed by atoms with E-state index in [1.165, 1.54) is 0 Å². The first-order valence-corrected chi connectivity index (χ1v) is 7.09. The molecule has 0 amide bonds. The average Bonchev–Trinajstić information content (AvgIpc) is 2.58. The van der Waals surface area contributed by atoms with Gasteiger partial charge in [0.25, 0.3) is 0 Å². The van der Waals surface area contributed by atoms with Gasteiger partial charge < -0.3 is 5.11 Å². The molecule has 0 aliphatic heterocycles. The summed E-state index contributed by atoms with van der Waals surface area (Å²) in [6, 6.07) is 0. The maximum Gasteiger partial charge on any atom is 0.244 e. The number of sulfonamides is 1. The Morgan fingerprint density at radius 3 is 2.53 bits per heavy atom. The number of H-pyrrole nitrogens is 1. The highest BCUT2D eigenvalue weighted by Gasteiger charge is 2.21. The Bertz CT molecular complexity index is 434. The van der Waals surface area contributed by atoms with E-state index in [1.807, 2.05) is 0 Å². The molecule has 0 aliphatic carbocycles. The minimum absolute atomic E-state index is 0.146. The van der Waals surface area contributed by atoms with Crippen molar-refractivity contribution in [3.05, 3.63) is 11.4 Å². The van der Waals surface area contributed by atoms with Crippen LogP contribution >= 0.6 is 0 Å². The largest absolute Gasteiger partial charge is 0.396 e. The van der Waals surface area contributed by atoms with E-state index >= 15 is 0 Å². The minimum Gasteiger partial charge on any atom is -0.396 e. The molecule has 0 aromatic carbocycles. The molecule has 0 aliphatic rings. The zero-order valence-corrected chi connectivity index (χ0v) is 11.0. The molecule has 1 rings (SSSR count). The van der Waals surface area contributed by atoms with Crippen molar-refractivity contribution >= 4 is 10.0 Å². The van der Waals surface area contributed by atoms with Crippen LogP contribution in [0.3, 0.4) is 0 Å². The predicted octanol–water partition coefficient (Wildman–Crippen LogP) is 0.467. The van der Waals surface area contributed by atoms with Crippen LogP contribution in [0.1, 0.15) is 30.7 Å². The second-order valence-corrected chi connectivity index (χ2v) is 5.65. The molecule has 7 heteroatoms. The first-order chi connectivity index (χ1) is 7.99. The third kappa shape index (κ3) is 3.79. The van der Waals surface area contributed by atoms with Crippen LogP contribution in [0.4, 0.5) is 0 Å². The monoisotopic (exact) mass is 261 g/mol. The first-order valence-electron chi connectivity index (χ1n) is 5.61. The molecule has 0 saturated heterocycles. The van der Waals surface area contributed by atoms with Gasteiger partial charge in [0.1, 0.15) is 4.90 Å². The predicted molar refractivity (Wildman–Crippen MR) is 64.2 cm³/mol. The van der Waals surface area contributed by atoms with E-state index in [0.717, 1.165) is 12.8 Å². The van der Waals surface area contributed by atoms with Crippen LogP contribution in [0, 0.1) is 13.8 Å². The summed E-state index contributed by atoms with van der Waals surface area (Å²) in [7, 11) is -3.47. The van der Waals surface area contributed by atoms with E-state index in [2.05, 4.69) is 14.9 Å². The molecule has 0 fully saturated rings. The van der Waals surface area contributed by atoms with Crippen LogP contribution in [-0.4, -0.2) is 36.9 Å². The van der Waals surface area contributed by atoms with Gasteiger partial charge in [-0.3, -0.25) is 5.10 Å². The van der Waals surface area contributed by atoms with Gasteiger partial charge in [0.15, 0.2) is 0 Å². The van der Waals surface area contributed by atoms with E-state index in [9.17, 15) is 8.42 Å². The fraction of sp³-hybridized carbons (Fsp3) is 0.700. The molecular formula is C10H19N3O3S. The molecule has 0 radical (unpaired) electrons. The van der Waals surface area contributed by atoms with Gasteiger partial charge >= 0.3 is 0 Å². The molecule has 1 heterocycles. The molecule has 0 spiro atoms. The Balaban J connectivity index is 2.58. The number of aryl methyl sites for hydroxylation is 2. The van der Waals surface area contributed by atoms with Crippen molar-refractivity contribution in [3.8, 4) is 0 Å². The average molecular weight is 261 g/mol. The van der Waals surface area contributed by atoms with Gasteiger partial charge in [-0.25, -0.2) is 13.1 Å². The van der Waals surface area contributed by atoms with Crippen molar-refractivity contribution in [3.63, 3.8) is 0 Å². The molecule has 1 aromatic heterocycles. The number of aromatic nitrogens is 2. The summed E-state index contributed by atoms with van der Waals surface area (Å²) in [5.74, 6) is 0. The highest BCUT2D eigenvalue weighted by molar-refractivity contribution is 7.89. The van der Waals surface area contributed by atoms with Crippen LogP contribution in [0.25, 0.3) is 0 Å². The maximum absolute atomic E-state index is 11.9. The maximum atomic E-state index is 11.9. The molecule has 0 saturated carbocycles. The Labute approximate surface area is 101 Å². The third-order valence-electron chi connectivity index (χ3n) is 2.46. The first kappa shape index (κ1) is 14.1. The SMILES string of the molecule is Cc1n[nH]c(C)c1S(=O)(=O)NCCCCCO. The topological polar surface area (TPSA) is 95.1 Å². The lowest BCUT2D eigenvalue weighted by Gasteiger charge is -2.06. The van der Waals surface area contributed by atoms with Gasteiger partial charge in [-0.05, 0) is 33.1 Å². The van der Waals surface area contributed by atoms with Crippen LogP contribution in [0.2, 0.25) is 0 Å². The van der Waals surface area contributed by atoms with Gasteiger partial charge in [-0.15, -0.1) is 0 Å². The molecule has 0 atom stereocenters. The molecule has 0 unspecified atom stereocenters. The summed E-state index contributed by atoms with van der Waals surface area (Å²) in [5, 5.41) is 15.1. The van der Waals surface area contributed by atoms with Crippen molar-refractivity contribution < 1.29 is 13.5 Å². The summed E-state index contributed by atoms with van der Waals surface area (Å²) in [4.78, 5) is 0.236. The number of aliphatic hydroxyl groups is 1. The van der Waals surface area contributed by atoms with Crippen molar-refractivity contribution in [2.75, 3.05) is 13.2 Å². The molecule has 1 aromatic rings. The quantitative estimate of drug-likeness (QED) is 0.622. The van der Waals surface area contributed by atoms with E-state index < -0.39 is 10.0 Å². The fourth-order valence-corrected chi connectivity index (χ4v) is 3.07. The third-order valence-corrected chi connectivity index (χ3v) is 4.18. The number of aliphatic hydroxyl groups excluding tert-OH is 1. The summed E-state index contributed by atoms with van der Waals surface area (Å²) in [6.45, 7) is 3.86. The number of rotatable bonds is 7. The lowest BCUT2D eigenvalue weighted by atomic mass is 10.2. The van der Waals surface area contributed by atoms with Crippen molar-refractivity contribution in [2.24, 2.45) is 0 Å². The van der Waals surface area contributed by atoms with E-state index in [-0.39, 0.29) is 11.5 Å². The number of nitrogens with zero attached hydrogens (tertiary/aromatic N) is 1. The minimum atomic E-state index is -3.47. The number of nitrogens with one attached hydrogen (secondary N) is 2. The van der Waals surface area contributed by atoms with E-state index in [4.69, 9.17) is 5.11 Å². The molecule has 98 valence electrons. The summed E-state index contributed by atoms with van der Waals surface area (Å²) in [5.41, 5.74) is 1.02. The normalized spacial score (nSPS) is 11.9. The fourth-order valence-electron chi connectivity index (χ4n) is 1.63. The van der Waals surface area contributed by atoms with Gasteiger partial charge in [0.2, 0.25) is 10.0 Å². The number of hydrogen-bond acceptors (Lipinski definition) is 4. The Morgan fingerprint density at radius 2 is 2.00 bits per heavy atom. The second-order valence-electron chi connectivity index (χ2n) is 3.95. The number of hydrogen-bond donors (Lipinski definition) is 3. The zero-order valence-electron chi connectivity index (χ0n) is 10.2. The zero-order chi connectivity index (χ0) is 12.9. The lowest BCUT2D eigenvalue weighted by Crippen LogP contribution is -2.25. The van der Waals surface area contributed by atoms with Gasteiger partial charge in [0, 0.05) is 13.2 Å². The smallest absolute Gasteiger partial charge is 0.244 e. The molecular weight excluding hydrogens is 242 g/mol. The van der Waals surface area contributed by atoms with Crippen molar-refractivity contribution in [1.29, 1.82) is 0 Å². The summed E-state index contributed by atoms with van der Waals surface area (Å²) < 4.78 is 26.4. The molecule has 0 bridgehead atoms. The van der Waals surface area contributed by atoms with Crippen LogP contribution < -0.4 is 4.72 Å². The Hall–Kier alpha value is -0.920. The highest BCUT2D eigenvalue weighted by Crippen LogP contribution is 2.16. The summed E-state index contributed by atoms with van der Waals surface area (Å²) >= 11 is 0. The van der Waals surface area contributed by atoms with Gasteiger partial charge in [-0.2, -0.15) is 5.10 Å². The van der Waals surface area contributed by atoms with Gasteiger partial charge in [-0.1, -0.05) is 0 Å². The standard InChI is InChI=1S/C10H19N3O3S/c1-8-10(9(2)13-12-8)17(15,16)11-6-4-3-5-7-14/h11,14H,3-7H2,1-2H3,(H,12,13). The highest BCUT2D eigenvalue weighted by atomic mass is 32.2. The van der Waals surface area contributed by atoms with E-state index in [0.29, 0.717) is 24.4 Å². The van der Waals surface area contributed by atoms with E-state index in [1.54, 1.807) is 13.8 Å². The van der Waals surface area contributed by atoms with Crippen LogP contribution in [0.5, 0.6) is 0 Å². The van der Waals surface area contributed by atoms with Crippen LogP contribution in [0.15, 0.2) is 4.90 Å². The number of unbranched alkanes of at least 4 members (excludes halogenated alkanes) is 2. The van der Waals surface area contributed by atoms with Crippen LogP contribution in [-0.2, 0) is 10.0 Å². The Morgan fingerprint density at radius 1 is 1.29 bits per heavy atom. The molecule has 6 nitrogen and oxygen atoms in total. The summed E-state index contributed by atoms with van der Waals surface area (Å²) in [6.07, 6.45) is 2.23.